The van der Waals surface area contributed by atoms with Gasteiger partial charge in [0.1, 0.15) is 11.4 Å². The normalized spacial score (nSPS) is 11.0. The van der Waals surface area contributed by atoms with Crippen molar-refractivity contribution in [2.75, 3.05) is 5.32 Å². The summed E-state index contributed by atoms with van der Waals surface area (Å²) in [4.78, 5) is 25.1. The number of hydrogen-bond donors (Lipinski definition) is 3. The molecular weight excluding hydrogens is 348 g/mol. The van der Waals surface area contributed by atoms with Crippen molar-refractivity contribution in [3.8, 4) is 5.75 Å². The first-order chi connectivity index (χ1) is 12.6. The van der Waals surface area contributed by atoms with E-state index in [4.69, 9.17) is 0 Å². The molecule has 3 N–H and O–H groups in total. The standard InChI is InChI=1S/C20H16N2O3S/c23-18-9-5-4-8-16(18)21-20(25)17(12-14-10-11-26-13-14)22-19(24)15-6-2-1-3-7-15/h1-13,23H,(H,21,25)(H,22,24)/b17-12+. The van der Waals surface area contributed by atoms with E-state index >= 15 is 0 Å². The molecule has 130 valence electrons. The van der Waals surface area contributed by atoms with Crippen molar-refractivity contribution < 1.29 is 14.7 Å². The van der Waals surface area contributed by atoms with Gasteiger partial charge in [-0.1, -0.05) is 30.3 Å². The Kier molecular flexibility index (Phi) is 5.46. The summed E-state index contributed by atoms with van der Waals surface area (Å²) >= 11 is 1.49. The lowest BCUT2D eigenvalue weighted by molar-refractivity contribution is -0.113. The zero-order chi connectivity index (χ0) is 18.4. The molecular formula is C20H16N2O3S. The van der Waals surface area contributed by atoms with Crippen molar-refractivity contribution in [2.45, 2.75) is 0 Å². The Bertz CT molecular complexity index is 935. The van der Waals surface area contributed by atoms with Crippen LogP contribution in [0.4, 0.5) is 5.69 Å². The first kappa shape index (κ1) is 17.4. The van der Waals surface area contributed by atoms with E-state index in [1.54, 1.807) is 48.5 Å². The number of amides is 2. The third kappa shape index (κ3) is 4.37. The predicted octanol–water partition coefficient (Wildman–Crippen LogP) is 3.86. The summed E-state index contributed by atoms with van der Waals surface area (Å²) in [7, 11) is 0. The fraction of sp³-hybridized carbons (Fsp3) is 0. The summed E-state index contributed by atoms with van der Waals surface area (Å²) in [5, 5.41) is 18.8. The fourth-order valence-electron chi connectivity index (χ4n) is 2.24. The Morgan fingerprint density at radius 2 is 1.69 bits per heavy atom. The van der Waals surface area contributed by atoms with Crippen molar-refractivity contribution in [1.82, 2.24) is 5.32 Å². The number of carbonyl (C=O) groups excluding carboxylic acids is 2. The molecule has 2 amide bonds. The Hall–Kier alpha value is -3.38. The van der Waals surface area contributed by atoms with Gasteiger partial charge in [-0.15, -0.1) is 0 Å². The Balaban J connectivity index is 1.85. The smallest absolute Gasteiger partial charge is 0.272 e. The molecule has 0 unspecified atom stereocenters. The molecule has 5 nitrogen and oxygen atoms in total. The Morgan fingerprint density at radius 1 is 0.962 bits per heavy atom. The van der Waals surface area contributed by atoms with Gasteiger partial charge in [0, 0.05) is 5.56 Å². The van der Waals surface area contributed by atoms with Gasteiger partial charge < -0.3 is 15.7 Å². The second-order valence-electron chi connectivity index (χ2n) is 5.41. The minimum atomic E-state index is -0.526. The molecule has 0 aliphatic carbocycles. The molecule has 0 bridgehead atoms. The number of anilines is 1. The highest BCUT2D eigenvalue weighted by Crippen LogP contribution is 2.22. The van der Waals surface area contributed by atoms with Crippen LogP contribution in [0.1, 0.15) is 15.9 Å². The highest BCUT2D eigenvalue weighted by molar-refractivity contribution is 7.08. The SMILES string of the molecule is O=C(Nc1ccccc1O)/C(=C\c1ccsc1)NC(=O)c1ccccc1. The zero-order valence-electron chi connectivity index (χ0n) is 13.7. The maximum Gasteiger partial charge on any atom is 0.272 e. The van der Waals surface area contributed by atoms with Crippen LogP contribution in [0.25, 0.3) is 6.08 Å². The van der Waals surface area contributed by atoms with E-state index < -0.39 is 5.91 Å². The number of aromatic hydroxyl groups is 1. The summed E-state index contributed by atoms with van der Waals surface area (Å²) in [5.41, 5.74) is 1.59. The minimum absolute atomic E-state index is 0.0508. The molecule has 3 aromatic rings. The first-order valence-corrected chi connectivity index (χ1v) is 8.77. The van der Waals surface area contributed by atoms with Gasteiger partial charge >= 0.3 is 0 Å². The van der Waals surface area contributed by atoms with Gasteiger partial charge in [0.25, 0.3) is 11.8 Å². The lowest BCUT2D eigenvalue weighted by atomic mass is 10.2. The van der Waals surface area contributed by atoms with E-state index in [2.05, 4.69) is 10.6 Å². The molecule has 0 spiro atoms. The number of phenols is 1. The molecule has 0 saturated carbocycles. The average molecular weight is 364 g/mol. The van der Waals surface area contributed by atoms with Gasteiger partial charge in [0.2, 0.25) is 0 Å². The number of rotatable bonds is 5. The largest absolute Gasteiger partial charge is 0.506 e. The Labute approximate surface area is 154 Å². The van der Waals surface area contributed by atoms with Crippen LogP contribution in [0.3, 0.4) is 0 Å². The number of carbonyl (C=O) groups is 2. The number of phenolic OH excluding ortho intramolecular Hbond substituents is 1. The third-order valence-electron chi connectivity index (χ3n) is 3.54. The lowest BCUT2D eigenvalue weighted by Gasteiger charge is -2.12. The van der Waals surface area contributed by atoms with Crippen molar-refractivity contribution >= 4 is 34.9 Å². The van der Waals surface area contributed by atoms with Crippen molar-refractivity contribution in [1.29, 1.82) is 0 Å². The molecule has 3 rings (SSSR count). The second-order valence-corrected chi connectivity index (χ2v) is 6.19. The van der Waals surface area contributed by atoms with Crippen molar-refractivity contribution in [3.63, 3.8) is 0 Å². The number of para-hydroxylation sites is 2. The summed E-state index contributed by atoms with van der Waals surface area (Å²) in [6, 6.07) is 16.9. The number of thiophene rings is 1. The van der Waals surface area contributed by atoms with Gasteiger partial charge in [0.05, 0.1) is 5.69 Å². The van der Waals surface area contributed by atoms with E-state index in [-0.39, 0.29) is 23.0 Å². The Morgan fingerprint density at radius 3 is 2.38 bits per heavy atom. The molecule has 6 heteroatoms. The van der Waals surface area contributed by atoms with Crippen LogP contribution in [0.15, 0.2) is 77.1 Å². The second kappa shape index (κ2) is 8.13. The summed E-state index contributed by atoms with van der Waals surface area (Å²) in [6.45, 7) is 0. The van der Waals surface area contributed by atoms with Gasteiger partial charge in [-0.05, 0) is 52.7 Å². The van der Waals surface area contributed by atoms with Gasteiger partial charge in [-0.25, -0.2) is 0 Å². The topological polar surface area (TPSA) is 78.4 Å². The first-order valence-electron chi connectivity index (χ1n) is 7.83. The minimum Gasteiger partial charge on any atom is -0.506 e. The summed E-state index contributed by atoms with van der Waals surface area (Å²) in [5.74, 6) is -0.966. The van der Waals surface area contributed by atoms with Crippen LogP contribution in [0, 0.1) is 0 Å². The van der Waals surface area contributed by atoms with E-state index in [0.29, 0.717) is 5.56 Å². The molecule has 0 aliphatic rings. The quantitative estimate of drug-likeness (QED) is 0.475. The van der Waals surface area contributed by atoms with Crippen LogP contribution < -0.4 is 10.6 Å². The third-order valence-corrected chi connectivity index (χ3v) is 4.24. The predicted molar refractivity (Wildman–Crippen MR) is 103 cm³/mol. The molecule has 0 aliphatic heterocycles. The van der Waals surface area contributed by atoms with Crippen LogP contribution in [0.5, 0.6) is 5.75 Å². The zero-order valence-corrected chi connectivity index (χ0v) is 14.5. The molecule has 1 heterocycles. The molecule has 1 aromatic heterocycles. The maximum absolute atomic E-state index is 12.7. The van der Waals surface area contributed by atoms with E-state index in [0.717, 1.165) is 5.56 Å². The highest BCUT2D eigenvalue weighted by atomic mass is 32.1. The number of benzene rings is 2. The van der Waals surface area contributed by atoms with Gasteiger partial charge in [0.15, 0.2) is 0 Å². The van der Waals surface area contributed by atoms with Crippen molar-refractivity contribution in [2.24, 2.45) is 0 Å². The monoisotopic (exact) mass is 364 g/mol. The van der Waals surface area contributed by atoms with E-state index in [1.165, 1.54) is 17.4 Å². The molecule has 0 atom stereocenters. The number of hydrogen-bond acceptors (Lipinski definition) is 4. The van der Waals surface area contributed by atoms with Crippen LogP contribution in [-0.4, -0.2) is 16.9 Å². The highest BCUT2D eigenvalue weighted by Gasteiger charge is 2.16. The lowest BCUT2D eigenvalue weighted by Crippen LogP contribution is -2.30. The molecule has 0 radical (unpaired) electrons. The molecule has 0 fully saturated rings. The van der Waals surface area contributed by atoms with E-state index in [1.807, 2.05) is 22.9 Å². The molecule has 2 aromatic carbocycles. The van der Waals surface area contributed by atoms with Crippen LogP contribution >= 0.6 is 11.3 Å². The fourth-order valence-corrected chi connectivity index (χ4v) is 2.85. The van der Waals surface area contributed by atoms with Gasteiger partial charge in [-0.2, -0.15) is 11.3 Å². The van der Waals surface area contributed by atoms with E-state index in [9.17, 15) is 14.7 Å². The van der Waals surface area contributed by atoms with Crippen LogP contribution in [-0.2, 0) is 4.79 Å². The number of nitrogens with one attached hydrogen (secondary N) is 2. The average Bonchev–Trinajstić information content (AvgIpc) is 3.17. The summed E-state index contributed by atoms with van der Waals surface area (Å²) in [6.07, 6.45) is 1.59. The van der Waals surface area contributed by atoms with Crippen molar-refractivity contribution in [3.05, 3.63) is 88.2 Å². The molecule has 0 saturated heterocycles. The molecule has 26 heavy (non-hydrogen) atoms. The summed E-state index contributed by atoms with van der Waals surface area (Å²) < 4.78 is 0. The van der Waals surface area contributed by atoms with Crippen LogP contribution in [0.2, 0.25) is 0 Å². The maximum atomic E-state index is 12.7. The van der Waals surface area contributed by atoms with Gasteiger partial charge in [-0.3, -0.25) is 9.59 Å².